The minimum atomic E-state index is -1.02. The van der Waals surface area contributed by atoms with E-state index < -0.39 is 12.0 Å². The van der Waals surface area contributed by atoms with E-state index >= 15 is 0 Å². The lowest BCUT2D eigenvalue weighted by molar-refractivity contribution is -0.139. The fraction of sp³-hybridized carbons (Fsp3) is 0.447. The molecule has 2 aliphatic rings. The Morgan fingerprint density at radius 3 is 2.22 bits per heavy atom. The summed E-state index contributed by atoms with van der Waals surface area (Å²) >= 11 is 12.6. The van der Waals surface area contributed by atoms with Crippen LogP contribution in [0.15, 0.2) is 54.6 Å². The SMILES string of the molecule is COCCCc1cc(CN(C(=O)[C@H]2CN(C(=O)O)CC[C@@H]2c2ccc(OCCOc3c(Cl)cc(C)cc3Cl)cc2)C2CC2)cc(C(C)=O)c1. The first kappa shape index (κ1) is 36.5. The molecule has 3 aromatic carbocycles. The van der Waals surface area contributed by atoms with E-state index in [0.29, 0.717) is 53.2 Å². The molecule has 262 valence electrons. The van der Waals surface area contributed by atoms with Gasteiger partial charge in [-0.3, -0.25) is 9.59 Å². The molecule has 49 heavy (non-hydrogen) atoms. The monoisotopic (exact) mass is 710 g/mol. The van der Waals surface area contributed by atoms with Gasteiger partial charge in [-0.1, -0.05) is 41.4 Å². The topological polar surface area (TPSA) is 106 Å². The number of likely N-dealkylation sites (tertiary alicyclic amines) is 1. The van der Waals surface area contributed by atoms with E-state index in [9.17, 15) is 19.5 Å². The molecule has 1 aliphatic carbocycles. The molecule has 1 heterocycles. The summed E-state index contributed by atoms with van der Waals surface area (Å²) in [7, 11) is 1.67. The van der Waals surface area contributed by atoms with Crippen LogP contribution in [-0.4, -0.2) is 78.8 Å². The third kappa shape index (κ3) is 9.68. The first-order chi connectivity index (χ1) is 23.5. The highest BCUT2D eigenvalue weighted by Crippen LogP contribution is 2.39. The maximum atomic E-state index is 14.4. The van der Waals surface area contributed by atoms with Gasteiger partial charge in [0, 0.05) is 45.0 Å². The van der Waals surface area contributed by atoms with Crippen LogP contribution < -0.4 is 9.47 Å². The number of hydrogen-bond acceptors (Lipinski definition) is 6. The molecule has 0 unspecified atom stereocenters. The molecule has 2 fully saturated rings. The Morgan fingerprint density at radius 1 is 0.918 bits per heavy atom. The smallest absolute Gasteiger partial charge is 0.407 e. The van der Waals surface area contributed by atoms with Crippen LogP contribution in [0, 0.1) is 12.8 Å². The van der Waals surface area contributed by atoms with Crippen LogP contribution in [0.2, 0.25) is 10.0 Å². The molecule has 0 aromatic heterocycles. The molecule has 3 aromatic rings. The summed E-state index contributed by atoms with van der Waals surface area (Å²) in [6, 6.07) is 17.2. The molecule has 0 radical (unpaired) electrons. The van der Waals surface area contributed by atoms with Crippen LogP contribution in [0.4, 0.5) is 4.79 Å². The van der Waals surface area contributed by atoms with Gasteiger partial charge in [0.2, 0.25) is 5.91 Å². The molecular weight excluding hydrogens is 667 g/mol. The van der Waals surface area contributed by atoms with Crippen molar-refractivity contribution < 1.29 is 33.7 Å². The van der Waals surface area contributed by atoms with Gasteiger partial charge >= 0.3 is 6.09 Å². The maximum Gasteiger partial charge on any atom is 0.407 e. The molecule has 9 nitrogen and oxygen atoms in total. The van der Waals surface area contributed by atoms with Crippen molar-refractivity contribution >= 4 is 41.0 Å². The minimum absolute atomic E-state index is 0.0244. The van der Waals surface area contributed by atoms with E-state index in [1.807, 2.05) is 48.2 Å². The summed E-state index contributed by atoms with van der Waals surface area (Å²) in [5, 5.41) is 10.8. The summed E-state index contributed by atoms with van der Waals surface area (Å²) in [6.45, 7) is 5.43. The van der Waals surface area contributed by atoms with E-state index in [4.69, 9.17) is 37.4 Å². The molecule has 1 saturated heterocycles. The summed E-state index contributed by atoms with van der Waals surface area (Å²) in [4.78, 5) is 42.1. The van der Waals surface area contributed by atoms with E-state index in [1.165, 1.54) is 4.90 Å². The second-order valence-corrected chi connectivity index (χ2v) is 13.8. The zero-order valence-electron chi connectivity index (χ0n) is 28.3. The van der Waals surface area contributed by atoms with Crippen molar-refractivity contribution in [3.8, 4) is 11.5 Å². The Hall–Kier alpha value is -3.79. The van der Waals surface area contributed by atoms with Crippen molar-refractivity contribution in [2.24, 2.45) is 5.92 Å². The zero-order chi connectivity index (χ0) is 35.1. The fourth-order valence-electron chi connectivity index (χ4n) is 6.52. The third-order valence-corrected chi connectivity index (χ3v) is 9.71. The van der Waals surface area contributed by atoms with Crippen molar-refractivity contribution in [2.45, 2.75) is 64.5 Å². The number of carboxylic acid groups (broad SMARTS) is 1. The lowest BCUT2D eigenvalue weighted by atomic mass is 9.79. The molecular formula is C38H44Cl2N2O7. The molecule has 11 heteroatoms. The van der Waals surface area contributed by atoms with Gasteiger partial charge in [0.1, 0.15) is 19.0 Å². The molecule has 1 aliphatic heterocycles. The Balaban J connectivity index is 1.29. The number of benzene rings is 3. The highest BCUT2D eigenvalue weighted by Gasteiger charge is 2.42. The van der Waals surface area contributed by atoms with Crippen LogP contribution in [0.1, 0.15) is 71.1 Å². The zero-order valence-corrected chi connectivity index (χ0v) is 29.8. The highest BCUT2D eigenvalue weighted by atomic mass is 35.5. The predicted octanol–water partition coefficient (Wildman–Crippen LogP) is 7.82. The number of nitrogens with zero attached hydrogens (tertiary/aromatic N) is 2. The first-order valence-corrected chi connectivity index (χ1v) is 17.5. The fourth-order valence-corrected chi connectivity index (χ4v) is 7.22. The molecule has 0 spiro atoms. The van der Waals surface area contributed by atoms with Crippen LogP contribution in [0.3, 0.4) is 0 Å². The van der Waals surface area contributed by atoms with E-state index in [0.717, 1.165) is 47.9 Å². The van der Waals surface area contributed by atoms with Gasteiger partial charge in [0.15, 0.2) is 11.5 Å². The average Bonchev–Trinajstić information content (AvgIpc) is 3.92. The number of carbonyl (C=O) groups is 3. The number of piperidine rings is 1. The van der Waals surface area contributed by atoms with Crippen molar-refractivity contribution in [3.05, 3.63) is 92.5 Å². The number of ketones is 1. The van der Waals surface area contributed by atoms with Crippen LogP contribution in [-0.2, 0) is 22.5 Å². The molecule has 5 rings (SSSR count). The van der Waals surface area contributed by atoms with Crippen LogP contribution in [0.5, 0.6) is 11.5 Å². The Kier molecular flexibility index (Phi) is 12.5. The molecule has 1 N–H and O–H groups in total. The van der Waals surface area contributed by atoms with Crippen molar-refractivity contribution in [1.82, 2.24) is 9.80 Å². The van der Waals surface area contributed by atoms with Gasteiger partial charge < -0.3 is 29.1 Å². The third-order valence-electron chi connectivity index (χ3n) is 9.15. The summed E-state index contributed by atoms with van der Waals surface area (Å²) in [5.41, 5.74) is 4.46. The number of methoxy groups -OCH3 is 1. The number of hydrogen-bond donors (Lipinski definition) is 1. The number of amides is 2. The van der Waals surface area contributed by atoms with E-state index in [1.54, 1.807) is 26.2 Å². The number of rotatable bonds is 15. The Labute approximate surface area is 298 Å². The molecule has 2 atom stereocenters. The largest absolute Gasteiger partial charge is 0.490 e. The maximum absolute atomic E-state index is 14.4. The number of Topliss-reactive ketones (excluding diaryl/α,β-unsaturated/α-hetero) is 1. The van der Waals surface area contributed by atoms with Gasteiger partial charge in [-0.2, -0.15) is 0 Å². The number of ether oxygens (including phenoxy) is 3. The standard InChI is InChI=1S/C38H44Cl2N2O7/c1-24-17-34(39)36(35(40)18-24)49-16-15-48-31-10-6-28(7-11-31)32-12-13-41(38(45)46)23-33(32)37(44)42(30-8-9-30)22-27-19-26(5-4-14-47-3)20-29(21-27)25(2)43/h6-7,10-11,17-21,30,32-33H,4-5,8-9,12-16,22-23H2,1-3H3,(H,45,46)/t32-,33+/m1/s1. The van der Waals surface area contributed by atoms with Crippen molar-refractivity contribution in [1.29, 1.82) is 0 Å². The molecule has 0 bridgehead atoms. The lowest BCUT2D eigenvalue weighted by Gasteiger charge is -2.39. The van der Waals surface area contributed by atoms with Crippen LogP contribution >= 0.6 is 23.2 Å². The average molecular weight is 712 g/mol. The van der Waals surface area contributed by atoms with Gasteiger partial charge in [-0.05, 0) is 111 Å². The number of halogens is 2. The van der Waals surface area contributed by atoms with Crippen LogP contribution in [0.25, 0.3) is 0 Å². The minimum Gasteiger partial charge on any atom is -0.490 e. The van der Waals surface area contributed by atoms with E-state index in [2.05, 4.69) is 6.07 Å². The molecule has 1 saturated carbocycles. The summed E-state index contributed by atoms with van der Waals surface area (Å²) in [6.07, 6.45) is 2.89. The predicted molar refractivity (Wildman–Crippen MR) is 189 cm³/mol. The second-order valence-electron chi connectivity index (χ2n) is 12.9. The van der Waals surface area contributed by atoms with Gasteiger partial charge in [0.05, 0.1) is 16.0 Å². The van der Waals surface area contributed by atoms with E-state index in [-0.39, 0.29) is 43.4 Å². The Bertz CT molecular complexity index is 1620. The van der Waals surface area contributed by atoms with Gasteiger partial charge in [0.25, 0.3) is 0 Å². The summed E-state index contributed by atoms with van der Waals surface area (Å²) in [5.74, 6) is 0.269. The first-order valence-electron chi connectivity index (χ1n) is 16.8. The lowest BCUT2D eigenvalue weighted by Crippen LogP contribution is -2.49. The number of carbonyl (C=O) groups excluding carboxylic acids is 2. The second kappa shape index (κ2) is 16.7. The van der Waals surface area contributed by atoms with Gasteiger partial charge in [-0.25, -0.2) is 4.79 Å². The van der Waals surface area contributed by atoms with Crippen molar-refractivity contribution in [3.63, 3.8) is 0 Å². The van der Waals surface area contributed by atoms with Crippen molar-refractivity contribution in [2.75, 3.05) is 40.0 Å². The highest BCUT2D eigenvalue weighted by molar-refractivity contribution is 6.37. The summed E-state index contributed by atoms with van der Waals surface area (Å²) < 4.78 is 16.9. The molecule has 2 amide bonds. The number of aryl methyl sites for hydroxylation is 2. The quantitative estimate of drug-likeness (QED) is 0.127. The normalized spacial score (nSPS) is 17.4. The Morgan fingerprint density at radius 2 is 1.59 bits per heavy atom. The van der Waals surface area contributed by atoms with Gasteiger partial charge in [-0.15, -0.1) is 0 Å².